The van der Waals surface area contributed by atoms with Gasteiger partial charge in [0.15, 0.2) is 5.60 Å². The second kappa shape index (κ2) is 50.9. The molecule has 2 aromatic heterocycles. The Hall–Kier alpha value is -11.7. The highest BCUT2D eigenvalue weighted by Crippen LogP contribution is 2.47. The molecule has 129 heavy (non-hydrogen) atoms. The molecule has 8 aromatic rings. The second-order valence-electron chi connectivity index (χ2n) is 31.7. The summed E-state index contributed by atoms with van der Waals surface area (Å²) in [6.07, 6.45) is 4.33. The van der Waals surface area contributed by atoms with Gasteiger partial charge in [-0.05, 0) is 146 Å². The van der Waals surface area contributed by atoms with Gasteiger partial charge in [-0.15, -0.1) is 0 Å². The van der Waals surface area contributed by atoms with Crippen LogP contribution in [0.4, 0.5) is 14.9 Å². The Morgan fingerprint density at radius 1 is 0.643 bits per heavy atom. The maximum absolute atomic E-state index is 15.8. The number of aromatic nitrogens is 2. The molecule has 0 saturated heterocycles. The number of halogens is 1. The van der Waals surface area contributed by atoms with E-state index in [1.165, 1.54) is 16.7 Å². The molecule has 3 aliphatic rings. The van der Waals surface area contributed by atoms with Crippen LogP contribution in [0.1, 0.15) is 150 Å². The number of hydrogen-bond donors (Lipinski definition) is 7. The number of anilines is 1. The Morgan fingerprint density at radius 2 is 1.22 bits per heavy atom. The Morgan fingerprint density at radius 3 is 1.82 bits per heavy atom. The van der Waals surface area contributed by atoms with Crippen LogP contribution in [0.5, 0.6) is 0 Å². The number of nitrogens with one attached hydrogen (secondary N) is 6. The normalized spacial score (nSPS) is 14.9. The average molecular weight is 1780 g/mol. The lowest BCUT2D eigenvalue weighted by atomic mass is 9.76. The quantitative estimate of drug-likeness (QED) is 0.00272. The number of benzene rings is 6. The zero-order valence-electron chi connectivity index (χ0n) is 73.6. The highest BCUT2D eigenvalue weighted by atomic mass is 19.1. The lowest BCUT2D eigenvalue weighted by Gasteiger charge is -2.37. The predicted octanol–water partition coefficient (Wildman–Crippen LogP) is 11.6. The number of aryl methyl sites for hydroxylation is 2. The molecule has 4 heterocycles. The molecule has 1 unspecified atom stereocenters. The fourth-order valence-electron chi connectivity index (χ4n) is 16.0. The van der Waals surface area contributed by atoms with Gasteiger partial charge in [0.1, 0.15) is 43.8 Å². The van der Waals surface area contributed by atoms with Crippen molar-refractivity contribution < 1.29 is 95.2 Å². The van der Waals surface area contributed by atoms with Crippen LogP contribution >= 0.6 is 0 Å². The number of amides is 5. The molecule has 688 valence electrons. The number of hydrogen-bond acceptors (Lipinski definition) is 23. The van der Waals surface area contributed by atoms with Gasteiger partial charge in [0.05, 0.1) is 140 Å². The van der Waals surface area contributed by atoms with E-state index in [0.29, 0.717) is 174 Å². The maximum atomic E-state index is 15.8. The standard InChI is InChI=1S/C97H118FN11O20/c1-5-43-127-86(111)39-38-81(103-85(110)40-45-120-47-49-122-51-53-124-55-57-126-59-58-125-56-54-123-52-50-121-48-46-119-44-20-10-18-42-101-108-99)91(113)106-83(60-68-21-11-7-12-22-68)92(114)105-80(27-17-19-41-100-97(70-23-13-8-14-24-70,71-25-15-9-16-26-71)72-32-28-66(3)29-33-72)90(112)102-73-34-30-69(31-35-73)64-129-95(117)107-79-37-36-74-67(4)78(98)62-82-87(74)88(79)75-63-109-84(89(75)104-82)61-77-76(93(109)115)65-128-94(116)96(77,118)6-2/h5,7-9,11-16,21-26,28-35,61-62,79-81,83,100,118H,1,6,10,17-20,27,36-60,63-65H2,2-4H3,(H,102,112)(H,103,110)(H,105,114)(H,106,113)(H,107,117)/t79-,80-,81?,83-,96-/m0/s1. The van der Waals surface area contributed by atoms with Gasteiger partial charge in [-0.3, -0.25) is 34.1 Å². The molecule has 5 atom stereocenters. The highest BCUT2D eigenvalue weighted by molar-refractivity contribution is 5.99. The van der Waals surface area contributed by atoms with Gasteiger partial charge < -0.3 is 88.4 Å². The minimum absolute atomic E-state index is 0.0380. The summed E-state index contributed by atoms with van der Waals surface area (Å²) in [6.45, 7) is 15.1. The highest BCUT2D eigenvalue weighted by Gasteiger charge is 2.47. The van der Waals surface area contributed by atoms with Crippen molar-refractivity contribution in [2.75, 3.05) is 131 Å². The van der Waals surface area contributed by atoms with Crippen molar-refractivity contribution >= 4 is 58.3 Å². The van der Waals surface area contributed by atoms with E-state index in [-0.39, 0.29) is 102 Å². The molecular formula is C97H118FN11O20. The largest absolute Gasteiger partial charge is 0.461 e. The number of carbonyl (C=O) groups is 7. The molecule has 31 nitrogen and oxygen atoms in total. The summed E-state index contributed by atoms with van der Waals surface area (Å²) < 4.78 is 78.4. The van der Waals surface area contributed by atoms with E-state index in [9.17, 15) is 33.9 Å². The van der Waals surface area contributed by atoms with Crippen molar-refractivity contribution in [2.45, 2.75) is 159 Å². The molecule has 11 rings (SSSR count). The summed E-state index contributed by atoms with van der Waals surface area (Å²) in [5.41, 5.74) is 14.3. The van der Waals surface area contributed by atoms with E-state index in [4.69, 9.17) is 62.6 Å². The molecule has 32 heteroatoms. The van der Waals surface area contributed by atoms with Gasteiger partial charge >= 0.3 is 18.0 Å². The number of nitrogens with zero attached hydrogens (tertiary/aromatic N) is 5. The molecule has 0 fully saturated rings. The van der Waals surface area contributed by atoms with Crippen LogP contribution in [0.15, 0.2) is 174 Å². The minimum Gasteiger partial charge on any atom is -0.461 e. The smallest absolute Gasteiger partial charge is 0.407 e. The molecule has 2 aliphatic heterocycles. The summed E-state index contributed by atoms with van der Waals surface area (Å²) >= 11 is 0. The molecule has 0 radical (unpaired) electrons. The van der Waals surface area contributed by atoms with Gasteiger partial charge in [0.25, 0.3) is 5.56 Å². The Balaban J connectivity index is 0.698. The molecule has 0 bridgehead atoms. The van der Waals surface area contributed by atoms with Gasteiger partial charge in [-0.2, -0.15) is 0 Å². The van der Waals surface area contributed by atoms with Gasteiger partial charge in [0.2, 0.25) is 23.6 Å². The molecular weight excluding hydrogens is 1660 g/mol. The predicted molar refractivity (Wildman–Crippen MR) is 480 cm³/mol. The monoisotopic (exact) mass is 1780 g/mol. The van der Waals surface area contributed by atoms with Gasteiger partial charge in [-0.1, -0.05) is 164 Å². The van der Waals surface area contributed by atoms with E-state index < -0.39 is 88.3 Å². The third-order valence-electron chi connectivity index (χ3n) is 22.9. The first-order chi connectivity index (χ1) is 62.8. The van der Waals surface area contributed by atoms with Crippen molar-refractivity contribution in [3.63, 3.8) is 0 Å². The Bertz CT molecular complexity index is 5100. The summed E-state index contributed by atoms with van der Waals surface area (Å²) in [5, 5.41) is 34.3. The first-order valence-corrected chi connectivity index (χ1v) is 44.2. The number of alkyl carbamates (subject to hydrolysis) is 1. The summed E-state index contributed by atoms with van der Waals surface area (Å²) in [4.78, 5) is 121. The summed E-state index contributed by atoms with van der Waals surface area (Å²) in [5.74, 6) is -4.65. The summed E-state index contributed by atoms with van der Waals surface area (Å²) in [7, 11) is 0. The van der Waals surface area contributed by atoms with Crippen LogP contribution in [0, 0.1) is 19.7 Å². The fourth-order valence-corrected chi connectivity index (χ4v) is 16.0. The van der Waals surface area contributed by atoms with Crippen LogP contribution < -0.4 is 37.5 Å². The number of aliphatic hydroxyl groups is 1. The van der Waals surface area contributed by atoms with E-state index in [0.717, 1.165) is 47.1 Å². The number of carbonyl (C=O) groups excluding carboxylic acids is 7. The first-order valence-electron chi connectivity index (χ1n) is 44.2. The fraction of sp³-hybridized carbons (Fsp3) is 0.454. The zero-order valence-corrected chi connectivity index (χ0v) is 73.6. The third kappa shape index (κ3) is 27.7. The molecule has 7 N–H and O–H groups in total. The number of fused-ring (bicyclic) bond motifs is 5. The minimum atomic E-state index is -2.08. The number of pyridine rings is 2. The Labute approximate surface area is 750 Å². The van der Waals surface area contributed by atoms with Crippen LogP contribution in [-0.4, -0.2) is 200 Å². The van der Waals surface area contributed by atoms with Gasteiger partial charge in [-0.25, -0.2) is 19.0 Å². The first kappa shape index (κ1) is 98.0. The Kier molecular flexibility index (Phi) is 38.7. The van der Waals surface area contributed by atoms with Crippen molar-refractivity contribution in [3.05, 3.63) is 258 Å². The van der Waals surface area contributed by atoms with E-state index >= 15 is 14.0 Å². The van der Waals surface area contributed by atoms with Crippen LogP contribution in [0.2, 0.25) is 0 Å². The lowest BCUT2D eigenvalue weighted by Crippen LogP contribution is -2.57. The van der Waals surface area contributed by atoms with Crippen molar-refractivity contribution in [1.29, 1.82) is 0 Å². The number of cyclic esters (lactones) is 1. The zero-order chi connectivity index (χ0) is 91.2. The van der Waals surface area contributed by atoms with Crippen molar-refractivity contribution in [3.8, 4) is 11.4 Å². The molecule has 5 amide bonds. The molecule has 0 saturated carbocycles. The van der Waals surface area contributed by atoms with E-state index in [2.05, 4.69) is 97.0 Å². The number of ether oxygens (including phenoxy) is 11. The van der Waals surface area contributed by atoms with E-state index in [1.54, 1.807) is 74.5 Å². The number of rotatable bonds is 57. The molecule has 0 spiro atoms. The van der Waals surface area contributed by atoms with Crippen molar-refractivity contribution in [2.24, 2.45) is 5.11 Å². The van der Waals surface area contributed by atoms with Crippen LogP contribution in [0.3, 0.4) is 0 Å². The van der Waals surface area contributed by atoms with Crippen LogP contribution in [0.25, 0.3) is 32.7 Å². The maximum Gasteiger partial charge on any atom is 0.407 e. The van der Waals surface area contributed by atoms with E-state index in [1.807, 2.05) is 43.3 Å². The lowest BCUT2D eigenvalue weighted by molar-refractivity contribution is -0.172. The average Bonchev–Trinajstić information content (AvgIpc) is 1.50. The second-order valence-corrected chi connectivity index (χ2v) is 31.7. The summed E-state index contributed by atoms with van der Waals surface area (Å²) in [6, 6.07) is 42.6. The van der Waals surface area contributed by atoms with Gasteiger partial charge in [0, 0.05) is 65.6 Å². The topological polar surface area (TPSA) is 397 Å². The van der Waals surface area contributed by atoms with Crippen molar-refractivity contribution in [1.82, 2.24) is 36.1 Å². The SMILES string of the molecule is C=CCOC(=O)CCC(NC(=O)CCOCCOCCOCCOCCOCCOCCOCCOCCCCCN=[N+]=[N-])C(=O)N[C@@H](Cc1ccccc1)C(=O)N[C@@H](CCCCNC(c1ccccc1)(c1ccccc1)c1ccc(C)cc1)C(=O)Nc1ccc(COC(=O)N[C@H]2CCc3c(C)c(F)cc4nc5c(c2c34)Cn2c-5cc3c(c2=O)COC(=O)[C@]3(O)CC)cc1. The van der Waals surface area contributed by atoms with Crippen LogP contribution in [-0.2, 0) is 125 Å². The number of esters is 2. The number of azide groups is 1. The molecule has 1 aliphatic carbocycles. The third-order valence-corrected chi connectivity index (χ3v) is 22.9. The number of unbranched alkanes of at least 4 members (excludes halogenated alkanes) is 3. The molecule has 6 aromatic carbocycles.